The van der Waals surface area contributed by atoms with E-state index in [9.17, 15) is 4.39 Å². The van der Waals surface area contributed by atoms with Gasteiger partial charge in [0.25, 0.3) is 0 Å². The first-order valence-electron chi connectivity index (χ1n) is 5.92. The fourth-order valence-electron chi connectivity index (χ4n) is 1.83. The van der Waals surface area contributed by atoms with Crippen LogP contribution >= 0.6 is 11.8 Å². The van der Waals surface area contributed by atoms with Crippen LogP contribution in [0.2, 0.25) is 0 Å². The molecule has 94 valence electrons. The normalized spacial score (nSPS) is 10.6. The zero-order chi connectivity index (χ0) is 13.0. The molecule has 18 heavy (non-hydrogen) atoms. The number of rotatable bonds is 4. The minimum atomic E-state index is -0.198. The zero-order valence-electron chi connectivity index (χ0n) is 10.3. The van der Waals surface area contributed by atoms with Crippen molar-refractivity contribution < 1.29 is 4.39 Å². The lowest BCUT2D eigenvalue weighted by atomic mass is 10.1. The molecule has 3 heteroatoms. The predicted molar refractivity (Wildman–Crippen MR) is 74.5 cm³/mol. The number of hydrogen-bond acceptors (Lipinski definition) is 2. The van der Waals surface area contributed by atoms with Gasteiger partial charge in [-0.1, -0.05) is 23.9 Å². The monoisotopic (exact) mass is 261 g/mol. The summed E-state index contributed by atoms with van der Waals surface area (Å²) in [4.78, 5) is 2.04. The van der Waals surface area contributed by atoms with Crippen LogP contribution in [-0.4, -0.2) is 6.54 Å². The Morgan fingerprint density at radius 3 is 2.56 bits per heavy atom. The summed E-state index contributed by atoms with van der Waals surface area (Å²) in [6.07, 6.45) is 0.900. The van der Waals surface area contributed by atoms with Crippen LogP contribution in [0.5, 0.6) is 0 Å². The molecule has 0 atom stereocenters. The van der Waals surface area contributed by atoms with Crippen LogP contribution in [0.15, 0.2) is 52.3 Å². The fraction of sp³-hybridized carbons (Fsp3) is 0.200. The molecule has 1 nitrogen and oxygen atoms in total. The lowest BCUT2D eigenvalue weighted by Crippen LogP contribution is -2.03. The second-order valence-corrected chi connectivity index (χ2v) is 5.33. The lowest BCUT2D eigenvalue weighted by molar-refractivity contribution is 0.624. The Balaban J connectivity index is 2.17. The molecule has 0 aromatic heterocycles. The molecule has 2 aromatic rings. The van der Waals surface area contributed by atoms with E-state index in [1.807, 2.05) is 6.07 Å². The largest absolute Gasteiger partial charge is 0.330 e. The quantitative estimate of drug-likeness (QED) is 0.906. The molecular formula is C15H16FNS. The van der Waals surface area contributed by atoms with Crippen molar-refractivity contribution in [2.75, 3.05) is 6.54 Å². The number of halogens is 1. The Kier molecular flexibility index (Phi) is 4.39. The summed E-state index contributed by atoms with van der Waals surface area (Å²) in [5, 5.41) is 0. The van der Waals surface area contributed by atoms with Crippen LogP contribution in [0.1, 0.15) is 11.1 Å². The summed E-state index contributed by atoms with van der Waals surface area (Å²) < 4.78 is 13.1. The van der Waals surface area contributed by atoms with Crippen LogP contribution in [-0.2, 0) is 6.42 Å². The van der Waals surface area contributed by atoms with Crippen molar-refractivity contribution in [1.29, 1.82) is 0 Å². The molecule has 2 rings (SSSR count). The minimum Gasteiger partial charge on any atom is -0.330 e. The third kappa shape index (κ3) is 3.34. The van der Waals surface area contributed by atoms with E-state index in [2.05, 4.69) is 25.1 Å². The summed E-state index contributed by atoms with van der Waals surface area (Å²) in [5.74, 6) is -0.198. The first-order valence-corrected chi connectivity index (χ1v) is 6.73. The van der Waals surface area contributed by atoms with Crippen LogP contribution in [0.25, 0.3) is 0 Å². The molecule has 2 N–H and O–H groups in total. The Morgan fingerprint density at radius 2 is 1.89 bits per heavy atom. The van der Waals surface area contributed by atoms with Crippen molar-refractivity contribution >= 4 is 11.8 Å². The van der Waals surface area contributed by atoms with Crippen molar-refractivity contribution in [1.82, 2.24) is 0 Å². The standard InChI is InChI=1S/C15H16FNS/c1-11-9-15(6-5-12(11)7-8-17)18-14-4-2-3-13(16)10-14/h2-6,9-10H,7-8,17H2,1H3. The molecule has 0 fully saturated rings. The Morgan fingerprint density at radius 1 is 1.11 bits per heavy atom. The van der Waals surface area contributed by atoms with Crippen LogP contribution < -0.4 is 5.73 Å². The molecular weight excluding hydrogens is 245 g/mol. The predicted octanol–water partition coefficient (Wildman–Crippen LogP) is 3.79. The third-order valence-corrected chi connectivity index (χ3v) is 3.74. The Labute approximate surface area is 111 Å². The van der Waals surface area contributed by atoms with E-state index in [4.69, 9.17) is 5.73 Å². The van der Waals surface area contributed by atoms with E-state index in [0.29, 0.717) is 6.54 Å². The van der Waals surface area contributed by atoms with Gasteiger partial charge in [-0.05, 0) is 61.3 Å². The summed E-state index contributed by atoms with van der Waals surface area (Å²) in [7, 11) is 0. The second-order valence-electron chi connectivity index (χ2n) is 4.19. The van der Waals surface area contributed by atoms with Gasteiger partial charge in [-0.25, -0.2) is 4.39 Å². The third-order valence-electron chi connectivity index (χ3n) is 2.76. The molecule has 0 radical (unpaired) electrons. The highest BCUT2D eigenvalue weighted by atomic mass is 32.2. The molecule has 0 heterocycles. The Hall–Kier alpha value is -1.32. The van der Waals surface area contributed by atoms with Gasteiger partial charge in [0.2, 0.25) is 0 Å². The van der Waals surface area contributed by atoms with E-state index in [1.165, 1.54) is 17.2 Å². The van der Waals surface area contributed by atoms with Crippen LogP contribution in [0.4, 0.5) is 4.39 Å². The van der Waals surface area contributed by atoms with Gasteiger partial charge in [0.05, 0.1) is 0 Å². The summed E-state index contributed by atoms with van der Waals surface area (Å²) in [6.45, 7) is 2.75. The fourth-order valence-corrected chi connectivity index (χ4v) is 2.80. The highest BCUT2D eigenvalue weighted by Crippen LogP contribution is 2.29. The van der Waals surface area contributed by atoms with E-state index >= 15 is 0 Å². The number of hydrogen-bond donors (Lipinski definition) is 1. The second kappa shape index (κ2) is 6.03. The topological polar surface area (TPSA) is 26.0 Å². The van der Waals surface area contributed by atoms with E-state index in [0.717, 1.165) is 16.2 Å². The van der Waals surface area contributed by atoms with E-state index < -0.39 is 0 Å². The first-order chi connectivity index (χ1) is 8.69. The van der Waals surface area contributed by atoms with Gasteiger partial charge in [-0.2, -0.15) is 0 Å². The van der Waals surface area contributed by atoms with Gasteiger partial charge >= 0.3 is 0 Å². The maximum atomic E-state index is 13.1. The summed E-state index contributed by atoms with van der Waals surface area (Å²) >= 11 is 1.57. The summed E-state index contributed by atoms with van der Waals surface area (Å²) in [5.41, 5.74) is 8.08. The maximum absolute atomic E-state index is 13.1. The molecule has 0 saturated heterocycles. The average molecular weight is 261 g/mol. The van der Waals surface area contributed by atoms with Gasteiger partial charge in [-0.3, -0.25) is 0 Å². The van der Waals surface area contributed by atoms with Gasteiger partial charge in [0.15, 0.2) is 0 Å². The van der Waals surface area contributed by atoms with Gasteiger partial charge in [0.1, 0.15) is 5.82 Å². The molecule has 2 aromatic carbocycles. The summed E-state index contributed by atoms with van der Waals surface area (Å²) in [6, 6.07) is 12.9. The molecule has 0 aliphatic carbocycles. The highest BCUT2D eigenvalue weighted by Gasteiger charge is 2.02. The smallest absolute Gasteiger partial charge is 0.124 e. The SMILES string of the molecule is Cc1cc(Sc2cccc(F)c2)ccc1CCN. The van der Waals surface area contributed by atoms with Crippen molar-refractivity contribution in [2.24, 2.45) is 5.73 Å². The zero-order valence-corrected chi connectivity index (χ0v) is 11.1. The van der Waals surface area contributed by atoms with Gasteiger partial charge in [-0.15, -0.1) is 0 Å². The molecule has 0 bridgehead atoms. The maximum Gasteiger partial charge on any atom is 0.124 e. The Bertz CT molecular complexity index is 540. The van der Waals surface area contributed by atoms with E-state index in [1.54, 1.807) is 23.9 Å². The molecule has 0 unspecified atom stereocenters. The van der Waals surface area contributed by atoms with Crippen molar-refractivity contribution in [2.45, 2.75) is 23.1 Å². The van der Waals surface area contributed by atoms with Crippen molar-refractivity contribution in [3.63, 3.8) is 0 Å². The van der Waals surface area contributed by atoms with Crippen molar-refractivity contribution in [3.8, 4) is 0 Å². The van der Waals surface area contributed by atoms with Gasteiger partial charge < -0.3 is 5.73 Å². The van der Waals surface area contributed by atoms with Gasteiger partial charge in [0, 0.05) is 9.79 Å². The van der Waals surface area contributed by atoms with Crippen molar-refractivity contribution in [3.05, 3.63) is 59.4 Å². The molecule has 0 spiro atoms. The van der Waals surface area contributed by atoms with Crippen LogP contribution in [0.3, 0.4) is 0 Å². The number of nitrogens with two attached hydrogens (primary N) is 1. The molecule has 0 saturated carbocycles. The highest BCUT2D eigenvalue weighted by molar-refractivity contribution is 7.99. The minimum absolute atomic E-state index is 0.198. The molecule has 0 amide bonds. The average Bonchev–Trinajstić information content (AvgIpc) is 2.33. The number of benzene rings is 2. The first kappa shape index (κ1) is 13.1. The van der Waals surface area contributed by atoms with Crippen LogP contribution in [0, 0.1) is 12.7 Å². The molecule has 0 aliphatic rings. The lowest BCUT2D eigenvalue weighted by Gasteiger charge is -2.07. The molecule has 0 aliphatic heterocycles. The van der Waals surface area contributed by atoms with E-state index in [-0.39, 0.29) is 5.82 Å². The number of aryl methyl sites for hydroxylation is 1.